The number of aryl methyl sites for hydroxylation is 1. The molecule has 0 atom stereocenters. The third-order valence-electron chi connectivity index (χ3n) is 11.7. The van der Waals surface area contributed by atoms with Gasteiger partial charge in [0.1, 0.15) is 16.9 Å². The van der Waals surface area contributed by atoms with E-state index in [0.717, 1.165) is 106 Å². The van der Waals surface area contributed by atoms with Crippen LogP contribution in [0.5, 0.6) is 5.75 Å². The first-order valence-corrected chi connectivity index (χ1v) is 20.4. The number of pyridine rings is 2. The average Bonchev–Trinajstić information content (AvgIpc) is 3.83. The van der Waals surface area contributed by atoms with E-state index < -0.39 is 0 Å². The van der Waals surface area contributed by atoms with E-state index in [9.17, 15) is 5.11 Å². The minimum Gasteiger partial charge on any atom is -0.507 e. The Bertz CT molecular complexity index is 3460. The molecule has 11 rings (SSSR count). The molecule has 300 valence electrons. The number of hydrogen-bond acceptors (Lipinski definition) is 4. The van der Waals surface area contributed by atoms with Crippen LogP contribution in [-0.4, -0.2) is 19.6 Å². The molecular weight excluding hydrogens is 942 g/mol. The number of rotatable bonds is 7. The molecular formula is C56H38N3O2Pt-. The zero-order chi connectivity index (χ0) is 41.0. The molecule has 0 radical (unpaired) electrons. The molecule has 0 aliphatic heterocycles. The largest absolute Gasteiger partial charge is 0.507 e. The fourth-order valence-corrected chi connectivity index (χ4v) is 8.86. The third kappa shape index (κ3) is 6.81. The van der Waals surface area contributed by atoms with Gasteiger partial charge in [0.2, 0.25) is 0 Å². The van der Waals surface area contributed by atoms with E-state index in [1.54, 1.807) is 6.07 Å². The van der Waals surface area contributed by atoms with E-state index in [1.165, 1.54) is 0 Å². The van der Waals surface area contributed by atoms with Crippen molar-refractivity contribution in [1.82, 2.24) is 14.5 Å². The second-order valence-electron chi connectivity index (χ2n) is 15.5. The van der Waals surface area contributed by atoms with Crippen LogP contribution in [0.15, 0.2) is 192 Å². The molecule has 6 heteroatoms. The Balaban J connectivity index is 0.00000458. The van der Waals surface area contributed by atoms with Gasteiger partial charge in [-0.15, -0.1) is 24.3 Å². The normalized spacial score (nSPS) is 11.3. The van der Waals surface area contributed by atoms with Crippen LogP contribution in [0.1, 0.15) is 5.69 Å². The molecule has 0 aliphatic carbocycles. The van der Waals surface area contributed by atoms with Crippen LogP contribution in [0.25, 0.3) is 111 Å². The summed E-state index contributed by atoms with van der Waals surface area (Å²) in [7, 11) is 2.15. The van der Waals surface area contributed by atoms with Crippen molar-refractivity contribution in [3.05, 3.63) is 200 Å². The van der Waals surface area contributed by atoms with Crippen LogP contribution in [0.4, 0.5) is 0 Å². The van der Waals surface area contributed by atoms with Gasteiger partial charge in [0.15, 0.2) is 0 Å². The molecule has 0 unspecified atom stereocenters. The van der Waals surface area contributed by atoms with Gasteiger partial charge in [-0.1, -0.05) is 145 Å². The van der Waals surface area contributed by atoms with Crippen LogP contribution < -0.4 is 0 Å². The van der Waals surface area contributed by atoms with Gasteiger partial charge in [0.05, 0.1) is 17.1 Å². The van der Waals surface area contributed by atoms with Gasteiger partial charge >= 0.3 is 0 Å². The minimum atomic E-state index is 0. The summed E-state index contributed by atoms with van der Waals surface area (Å²) in [4.78, 5) is 10.1. The number of fused-ring (bicyclic) bond motifs is 4. The number of phenols is 1. The molecule has 11 aromatic rings. The summed E-state index contributed by atoms with van der Waals surface area (Å²) in [5.74, 6) is 0.184. The van der Waals surface area contributed by atoms with E-state index in [1.807, 2.05) is 67.6 Å². The van der Waals surface area contributed by atoms with Crippen molar-refractivity contribution in [2.45, 2.75) is 6.92 Å². The average molecular weight is 980 g/mol. The Morgan fingerprint density at radius 3 is 1.79 bits per heavy atom. The number of aromatic nitrogens is 3. The van der Waals surface area contributed by atoms with Crippen LogP contribution in [0.2, 0.25) is 0 Å². The van der Waals surface area contributed by atoms with E-state index in [0.29, 0.717) is 11.3 Å². The zero-order valence-electron chi connectivity index (χ0n) is 33.9. The van der Waals surface area contributed by atoms with Crippen LogP contribution in [0, 0.1) is 13.0 Å². The summed E-state index contributed by atoms with van der Waals surface area (Å²) in [5, 5.41) is 15.4. The first kappa shape index (κ1) is 38.8. The van der Waals surface area contributed by atoms with Gasteiger partial charge < -0.3 is 14.1 Å². The molecule has 5 nitrogen and oxygen atoms in total. The summed E-state index contributed by atoms with van der Waals surface area (Å²) < 4.78 is 9.00. The monoisotopic (exact) mass is 979 g/mol. The minimum absolute atomic E-state index is 0. The molecule has 0 aliphatic rings. The number of para-hydroxylation sites is 2. The predicted octanol–water partition coefficient (Wildman–Crippen LogP) is 14.3. The van der Waals surface area contributed by atoms with Gasteiger partial charge in [-0.25, -0.2) is 0 Å². The number of hydrogen-bond donors (Lipinski definition) is 1. The maximum absolute atomic E-state index is 10.8. The number of benzene rings is 7. The third-order valence-corrected chi connectivity index (χ3v) is 11.7. The zero-order valence-corrected chi connectivity index (χ0v) is 36.2. The number of nitrogens with zero attached hydrogens (tertiary/aromatic N) is 3. The molecule has 0 fully saturated rings. The van der Waals surface area contributed by atoms with Crippen molar-refractivity contribution in [2.24, 2.45) is 7.05 Å². The van der Waals surface area contributed by atoms with Crippen molar-refractivity contribution in [3.8, 4) is 84.3 Å². The molecule has 7 aromatic carbocycles. The Kier molecular flexibility index (Phi) is 9.98. The first-order chi connectivity index (χ1) is 30.0. The van der Waals surface area contributed by atoms with Gasteiger partial charge in [-0.05, 0) is 65.6 Å². The van der Waals surface area contributed by atoms with Crippen LogP contribution in [0.3, 0.4) is 0 Å². The summed E-state index contributed by atoms with van der Waals surface area (Å²) >= 11 is 0. The molecule has 4 heterocycles. The number of phenolic OH excluding ortho intramolecular Hbond substituents is 1. The fraction of sp³-hybridized carbons (Fsp3) is 0.0357. The Morgan fingerprint density at radius 2 is 1.05 bits per heavy atom. The van der Waals surface area contributed by atoms with Gasteiger partial charge in [-0.2, -0.15) is 0 Å². The Labute approximate surface area is 373 Å². The summed E-state index contributed by atoms with van der Waals surface area (Å²) in [6.07, 6.45) is 0. The van der Waals surface area contributed by atoms with Crippen molar-refractivity contribution in [3.63, 3.8) is 0 Å². The second-order valence-corrected chi connectivity index (χ2v) is 15.5. The van der Waals surface area contributed by atoms with Crippen molar-refractivity contribution < 1.29 is 30.6 Å². The smallest absolute Gasteiger partial charge is 0.143 e. The maximum atomic E-state index is 10.8. The van der Waals surface area contributed by atoms with E-state index >= 15 is 0 Å². The maximum Gasteiger partial charge on any atom is 0.143 e. The second kappa shape index (κ2) is 15.9. The number of aromatic hydroxyl groups is 1. The molecule has 1 N–H and O–H groups in total. The SMILES string of the molecule is Cc1cc(-c2c3ccccc3c(-c3ccc4c(c3)oc3c(-c5ccccc5)cccc34)n2C)cc(-c2[c-]c(-c3cc(-c4ccccc4)cc(-c4ccccc4O)n3)ccc2)n1.[Pt]. The van der Waals surface area contributed by atoms with Crippen LogP contribution in [-0.2, 0) is 28.1 Å². The predicted molar refractivity (Wildman–Crippen MR) is 249 cm³/mol. The van der Waals surface area contributed by atoms with E-state index in [2.05, 4.69) is 139 Å². The molecule has 0 amide bonds. The van der Waals surface area contributed by atoms with Gasteiger partial charge in [0.25, 0.3) is 0 Å². The quantitative estimate of drug-likeness (QED) is 0.162. The standard InChI is InChI=1S/C56H38N3O2.Pt/c1-35-29-42(33-49(57-35)38-19-13-20-39(30-38)50-31-41(36-15-5-3-6-16-36)32-51(58-50)48-23-11-12-26-52(48)60)55-46-22-10-9-21-45(46)54(59(55)2)40-27-28-44-47-25-14-24-43(37-17-7-4-8-18-37)56(47)61-53(44)34-40;/h3-29,31-34,60H,1-2H3;/q-1;. The topological polar surface area (TPSA) is 64.1 Å². The Hall–Kier alpha value is -7.33. The fourth-order valence-electron chi connectivity index (χ4n) is 8.86. The van der Waals surface area contributed by atoms with E-state index in [4.69, 9.17) is 14.4 Å². The van der Waals surface area contributed by atoms with Crippen LogP contribution >= 0.6 is 0 Å². The first-order valence-electron chi connectivity index (χ1n) is 20.4. The molecule has 0 bridgehead atoms. The molecule has 62 heavy (non-hydrogen) atoms. The summed E-state index contributed by atoms with van der Waals surface area (Å²) in [6, 6.07) is 67.8. The van der Waals surface area contributed by atoms with Gasteiger partial charge in [-0.3, -0.25) is 9.97 Å². The Morgan fingerprint density at radius 1 is 0.468 bits per heavy atom. The molecule has 0 saturated heterocycles. The van der Waals surface area contributed by atoms with E-state index in [-0.39, 0.29) is 26.8 Å². The molecule has 0 spiro atoms. The molecule has 0 saturated carbocycles. The summed E-state index contributed by atoms with van der Waals surface area (Å²) in [5.41, 5.74) is 15.9. The summed E-state index contributed by atoms with van der Waals surface area (Å²) in [6.45, 7) is 2.05. The van der Waals surface area contributed by atoms with Crippen molar-refractivity contribution in [2.75, 3.05) is 0 Å². The van der Waals surface area contributed by atoms with Crippen molar-refractivity contribution in [1.29, 1.82) is 0 Å². The molecule has 4 aromatic heterocycles. The van der Waals surface area contributed by atoms with Gasteiger partial charge in [0, 0.05) is 83.4 Å². The van der Waals surface area contributed by atoms with Crippen molar-refractivity contribution >= 4 is 32.7 Å². The number of furan rings is 1.